The Labute approximate surface area is 157 Å². The molecule has 142 valence electrons. The summed E-state index contributed by atoms with van der Waals surface area (Å²) in [5.41, 5.74) is 1.74. The fourth-order valence-corrected chi connectivity index (χ4v) is 3.27. The SMILES string of the molecule is COC(=O)c1cc([N+](=O)[O-])ccc1N1CCN(c2ccccc2OC)CC1. The Hall–Kier alpha value is -3.29. The van der Waals surface area contributed by atoms with Crippen molar-refractivity contribution in [3.8, 4) is 5.75 Å². The number of nitro groups is 1. The zero-order valence-electron chi connectivity index (χ0n) is 15.3. The van der Waals surface area contributed by atoms with Crippen LogP contribution < -0.4 is 14.5 Å². The molecule has 1 fully saturated rings. The summed E-state index contributed by atoms with van der Waals surface area (Å²) in [6.07, 6.45) is 0. The summed E-state index contributed by atoms with van der Waals surface area (Å²) < 4.78 is 10.2. The molecule has 1 aliphatic heterocycles. The number of benzene rings is 2. The van der Waals surface area contributed by atoms with Gasteiger partial charge in [0.15, 0.2) is 0 Å². The predicted molar refractivity (Wildman–Crippen MR) is 102 cm³/mol. The zero-order chi connectivity index (χ0) is 19.4. The maximum atomic E-state index is 12.1. The zero-order valence-corrected chi connectivity index (χ0v) is 15.3. The lowest BCUT2D eigenvalue weighted by Crippen LogP contribution is -2.47. The number of methoxy groups -OCH3 is 2. The van der Waals surface area contributed by atoms with E-state index in [9.17, 15) is 14.9 Å². The molecule has 2 aromatic rings. The number of esters is 1. The summed E-state index contributed by atoms with van der Waals surface area (Å²) in [6.45, 7) is 2.80. The number of para-hydroxylation sites is 2. The van der Waals surface area contributed by atoms with Crippen LogP contribution in [0.5, 0.6) is 5.75 Å². The molecule has 0 aliphatic carbocycles. The van der Waals surface area contributed by atoms with E-state index < -0.39 is 10.9 Å². The monoisotopic (exact) mass is 371 g/mol. The molecule has 0 bridgehead atoms. The third kappa shape index (κ3) is 3.79. The first-order valence-corrected chi connectivity index (χ1v) is 8.55. The maximum Gasteiger partial charge on any atom is 0.340 e. The minimum atomic E-state index is -0.583. The number of non-ortho nitro benzene ring substituents is 1. The average molecular weight is 371 g/mol. The molecule has 1 heterocycles. The quantitative estimate of drug-likeness (QED) is 0.454. The first-order chi connectivity index (χ1) is 13.0. The topological polar surface area (TPSA) is 85.1 Å². The molecule has 0 unspecified atom stereocenters. The Bertz CT molecular complexity index is 847. The highest BCUT2D eigenvalue weighted by molar-refractivity contribution is 5.96. The average Bonchev–Trinajstić information content (AvgIpc) is 2.72. The maximum absolute atomic E-state index is 12.1. The number of nitrogens with zero attached hydrogens (tertiary/aromatic N) is 3. The third-order valence-corrected chi connectivity index (χ3v) is 4.64. The van der Waals surface area contributed by atoms with E-state index in [1.807, 2.05) is 29.2 Å². The van der Waals surface area contributed by atoms with Crippen LogP contribution in [0, 0.1) is 10.1 Å². The number of carbonyl (C=O) groups excluding carboxylic acids is 1. The van der Waals surface area contributed by atoms with Gasteiger partial charge in [-0.15, -0.1) is 0 Å². The van der Waals surface area contributed by atoms with Gasteiger partial charge >= 0.3 is 5.97 Å². The van der Waals surface area contributed by atoms with Gasteiger partial charge in [0.1, 0.15) is 5.75 Å². The molecule has 0 amide bonds. The van der Waals surface area contributed by atoms with E-state index >= 15 is 0 Å². The van der Waals surface area contributed by atoms with Crippen LogP contribution in [0.15, 0.2) is 42.5 Å². The Morgan fingerprint density at radius 3 is 2.22 bits per heavy atom. The highest BCUT2D eigenvalue weighted by Crippen LogP contribution is 2.31. The van der Waals surface area contributed by atoms with Gasteiger partial charge in [-0.3, -0.25) is 10.1 Å². The summed E-state index contributed by atoms with van der Waals surface area (Å²) in [4.78, 5) is 26.9. The highest BCUT2D eigenvalue weighted by atomic mass is 16.6. The van der Waals surface area contributed by atoms with Crippen molar-refractivity contribution in [1.82, 2.24) is 0 Å². The number of anilines is 2. The molecule has 0 N–H and O–H groups in total. The Balaban J connectivity index is 1.81. The number of nitro benzene ring substituents is 1. The lowest BCUT2D eigenvalue weighted by Gasteiger charge is -2.38. The second kappa shape index (κ2) is 7.94. The Morgan fingerprint density at radius 1 is 1.00 bits per heavy atom. The second-order valence-electron chi connectivity index (χ2n) is 6.10. The van der Waals surface area contributed by atoms with Crippen molar-refractivity contribution in [3.63, 3.8) is 0 Å². The van der Waals surface area contributed by atoms with Gasteiger partial charge < -0.3 is 19.3 Å². The van der Waals surface area contributed by atoms with E-state index in [1.165, 1.54) is 19.2 Å². The van der Waals surface area contributed by atoms with Crippen LogP contribution in [-0.4, -0.2) is 51.3 Å². The van der Waals surface area contributed by atoms with E-state index in [0.717, 1.165) is 24.5 Å². The molecule has 0 radical (unpaired) electrons. The molecule has 0 spiro atoms. The molecular weight excluding hydrogens is 350 g/mol. The molecule has 27 heavy (non-hydrogen) atoms. The van der Waals surface area contributed by atoms with Gasteiger partial charge in [0, 0.05) is 38.3 Å². The van der Waals surface area contributed by atoms with Crippen LogP contribution in [0.2, 0.25) is 0 Å². The number of piperazine rings is 1. The molecular formula is C19H21N3O5. The predicted octanol–water partition coefficient (Wildman–Crippen LogP) is 2.72. The van der Waals surface area contributed by atoms with Crippen molar-refractivity contribution in [2.45, 2.75) is 0 Å². The molecule has 8 nitrogen and oxygen atoms in total. The molecule has 0 atom stereocenters. The van der Waals surface area contributed by atoms with Crippen LogP contribution in [0.4, 0.5) is 17.1 Å². The van der Waals surface area contributed by atoms with Gasteiger partial charge in [0.25, 0.3) is 5.69 Å². The smallest absolute Gasteiger partial charge is 0.340 e. The van der Waals surface area contributed by atoms with Crippen LogP contribution in [0.1, 0.15) is 10.4 Å². The van der Waals surface area contributed by atoms with Crippen LogP contribution in [-0.2, 0) is 4.74 Å². The molecule has 0 saturated carbocycles. The number of hydrogen-bond acceptors (Lipinski definition) is 7. The van der Waals surface area contributed by atoms with Crippen LogP contribution >= 0.6 is 0 Å². The van der Waals surface area contributed by atoms with Gasteiger partial charge in [-0.05, 0) is 18.2 Å². The van der Waals surface area contributed by atoms with E-state index in [-0.39, 0.29) is 11.3 Å². The van der Waals surface area contributed by atoms with E-state index in [0.29, 0.717) is 18.8 Å². The first kappa shape index (κ1) is 18.5. The van der Waals surface area contributed by atoms with E-state index in [2.05, 4.69) is 4.90 Å². The van der Waals surface area contributed by atoms with E-state index in [1.54, 1.807) is 13.2 Å². The minimum Gasteiger partial charge on any atom is -0.495 e. The fraction of sp³-hybridized carbons (Fsp3) is 0.316. The number of rotatable bonds is 5. The summed E-state index contributed by atoms with van der Waals surface area (Å²) in [5.74, 6) is 0.234. The van der Waals surface area contributed by atoms with E-state index in [4.69, 9.17) is 9.47 Å². The third-order valence-electron chi connectivity index (χ3n) is 4.64. The van der Waals surface area contributed by atoms with Gasteiger partial charge in [-0.2, -0.15) is 0 Å². The van der Waals surface area contributed by atoms with Crippen molar-refractivity contribution < 1.29 is 19.2 Å². The molecule has 8 heteroatoms. The van der Waals surface area contributed by atoms with Gasteiger partial charge in [0.2, 0.25) is 0 Å². The van der Waals surface area contributed by atoms with Crippen molar-refractivity contribution in [3.05, 3.63) is 58.1 Å². The van der Waals surface area contributed by atoms with Crippen LogP contribution in [0.25, 0.3) is 0 Å². The Morgan fingerprint density at radius 2 is 1.63 bits per heavy atom. The lowest BCUT2D eigenvalue weighted by atomic mass is 10.1. The summed E-state index contributed by atoms with van der Waals surface area (Å²) in [5, 5.41) is 11.0. The molecule has 1 aliphatic rings. The minimum absolute atomic E-state index is 0.133. The van der Waals surface area contributed by atoms with Crippen molar-refractivity contribution in [2.24, 2.45) is 0 Å². The molecule has 0 aromatic heterocycles. The second-order valence-corrected chi connectivity index (χ2v) is 6.10. The summed E-state index contributed by atoms with van der Waals surface area (Å²) >= 11 is 0. The first-order valence-electron chi connectivity index (χ1n) is 8.55. The largest absolute Gasteiger partial charge is 0.495 e. The van der Waals surface area contributed by atoms with Gasteiger partial charge in [0.05, 0.1) is 36.1 Å². The highest BCUT2D eigenvalue weighted by Gasteiger charge is 2.25. The van der Waals surface area contributed by atoms with Gasteiger partial charge in [-0.25, -0.2) is 4.79 Å². The normalized spacial score (nSPS) is 14.0. The van der Waals surface area contributed by atoms with Crippen LogP contribution in [0.3, 0.4) is 0 Å². The lowest BCUT2D eigenvalue weighted by molar-refractivity contribution is -0.384. The Kier molecular flexibility index (Phi) is 5.44. The van der Waals surface area contributed by atoms with Crippen molar-refractivity contribution >= 4 is 23.0 Å². The molecule has 3 rings (SSSR count). The molecule has 1 saturated heterocycles. The van der Waals surface area contributed by atoms with Crippen molar-refractivity contribution in [1.29, 1.82) is 0 Å². The van der Waals surface area contributed by atoms with Crippen molar-refractivity contribution in [2.75, 3.05) is 50.2 Å². The van der Waals surface area contributed by atoms with Gasteiger partial charge in [-0.1, -0.05) is 12.1 Å². The standard InChI is InChI=1S/C19H21N3O5/c1-26-18-6-4-3-5-17(18)21-11-9-20(10-12-21)16-8-7-14(22(24)25)13-15(16)19(23)27-2/h3-8,13H,9-12H2,1-2H3. The summed E-state index contributed by atoms with van der Waals surface area (Å²) in [6, 6.07) is 12.1. The number of hydrogen-bond donors (Lipinski definition) is 0. The summed E-state index contributed by atoms with van der Waals surface area (Å²) in [7, 11) is 2.92. The molecule has 2 aromatic carbocycles. The number of ether oxygens (including phenoxy) is 2. The number of carbonyl (C=O) groups is 1. The fourth-order valence-electron chi connectivity index (χ4n) is 3.27.